The molecule has 1 heterocycles. The second-order valence-electron chi connectivity index (χ2n) is 7.98. The number of carbonyl (C=O) groups is 2. The van der Waals surface area contributed by atoms with Crippen molar-refractivity contribution in [3.63, 3.8) is 0 Å². The molecule has 2 bridgehead atoms. The number of fused-ring (bicyclic) bond motifs is 3. The molecule has 1 aromatic carbocycles. The molecule has 1 saturated heterocycles. The monoisotopic (exact) mass is 307 g/mol. The Morgan fingerprint density at radius 3 is 1.83 bits per heavy atom. The lowest BCUT2D eigenvalue weighted by Crippen LogP contribution is -2.35. The quantitative estimate of drug-likeness (QED) is 0.589. The zero-order valence-corrected chi connectivity index (χ0v) is 13.8. The molecule has 4 atom stereocenters. The third kappa shape index (κ3) is 1.42. The Labute approximate surface area is 136 Å². The number of amides is 2. The van der Waals surface area contributed by atoms with E-state index in [1.54, 1.807) is 0 Å². The van der Waals surface area contributed by atoms with Crippen LogP contribution in [0.15, 0.2) is 24.3 Å². The molecule has 2 amide bonds. The van der Waals surface area contributed by atoms with Gasteiger partial charge in [-0.2, -0.15) is 0 Å². The molecule has 1 aliphatic heterocycles. The molecule has 23 heavy (non-hydrogen) atoms. The van der Waals surface area contributed by atoms with Crippen molar-refractivity contribution >= 4 is 17.5 Å². The van der Waals surface area contributed by atoms with E-state index in [1.807, 2.05) is 20.8 Å². The van der Waals surface area contributed by atoms with Crippen LogP contribution >= 0.6 is 0 Å². The van der Waals surface area contributed by atoms with Crippen LogP contribution < -0.4 is 4.90 Å². The normalized spacial score (nSPS) is 35.5. The standard InChI is InChI=1S/C20H21NO2/c1-10-8-11(2)17(12(3)9-10)21-18(22)15-13-4-5-14(16(15)19(21)23)20(13)6-7-20/h4-5,8-9,13-16H,6-7H2,1-3H3/t13-,14+,15-,16-/m0/s1. The van der Waals surface area contributed by atoms with Gasteiger partial charge in [0.15, 0.2) is 0 Å². The van der Waals surface area contributed by atoms with E-state index in [-0.39, 0.29) is 29.1 Å². The maximum absolute atomic E-state index is 13.2. The van der Waals surface area contributed by atoms with Crippen LogP contribution in [-0.2, 0) is 9.59 Å². The van der Waals surface area contributed by atoms with Crippen molar-refractivity contribution in [2.24, 2.45) is 29.1 Å². The summed E-state index contributed by atoms with van der Waals surface area (Å²) in [4.78, 5) is 27.8. The van der Waals surface area contributed by atoms with E-state index in [0.29, 0.717) is 11.8 Å². The summed E-state index contributed by atoms with van der Waals surface area (Å²) in [5.41, 5.74) is 4.30. The predicted octanol–water partition coefficient (Wildman–Crippen LogP) is 3.31. The van der Waals surface area contributed by atoms with Gasteiger partial charge in [0.25, 0.3) is 0 Å². The molecule has 3 nitrogen and oxygen atoms in total. The first-order valence-corrected chi connectivity index (χ1v) is 8.60. The van der Waals surface area contributed by atoms with Crippen molar-refractivity contribution in [3.05, 3.63) is 41.0 Å². The third-order valence-corrected chi connectivity index (χ3v) is 6.71. The van der Waals surface area contributed by atoms with E-state index >= 15 is 0 Å². The predicted molar refractivity (Wildman–Crippen MR) is 87.9 cm³/mol. The lowest BCUT2D eigenvalue weighted by Gasteiger charge is -2.24. The number of imide groups is 1. The second kappa shape index (κ2) is 3.95. The van der Waals surface area contributed by atoms with E-state index in [4.69, 9.17) is 0 Å². The van der Waals surface area contributed by atoms with Crippen LogP contribution in [0.1, 0.15) is 29.5 Å². The number of hydrogen-bond acceptors (Lipinski definition) is 2. The average molecular weight is 307 g/mol. The van der Waals surface area contributed by atoms with Gasteiger partial charge in [-0.1, -0.05) is 29.8 Å². The van der Waals surface area contributed by atoms with Gasteiger partial charge in [-0.3, -0.25) is 9.59 Å². The van der Waals surface area contributed by atoms with Crippen LogP contribution in [0.2, 0.25) is 0 Å². The summed E-state index contributed by atoms with van der Waals surface area (Å²) >= 11 is 0. The van der Waals surface area contributed by atoms with E-state index in [1.165, 1.54) is 23.3 Å². The molecule has 4 aliphatic rings. The Bertz CT molecular complexity index is 745. The smallest absolute Gasteiger partial charge is 0.238 e. The molecule has 0 N–H and O–H groups in total. The summed E-state index contributed by atoms with van der Waals surface area (Å²) in [6.07, 6.45) is 6.82. The zero-order chi connectivity index (χ0) is 16.1. The second-order valence-corrected chi connectivity index (χ2v) is 7.98. The van der Waals surface area contributed by atoms with Crippen LogP contribution in [-0.4, -0.2) is 11.8 Å². The molecule has 118 valence electrons. The van der Waals surface area contributed by atoms with Crippen molar-refractivity contribution < 1.29 is 9.59 Å². The van der Waals surface area contributed by atoms with Crippen molar-refractivity contribution in [2.45, 2.75) is 33.6 Å². The molecule has 5 rings (SSSR count). The highest BCUT2D eigenvalue weighted by atomic mass is 16.2. The fourth-order valence-electron chi connectivity index (χ4n) is 5.82. The Kier molecular flexibility index (Phi) is 2.32. The maximum Gasteiger partial charge on any atom is 0.238 e. The van der Waals surface area contributed by atoms with Crippen LogP contribution in [0.4, 0.5) is 5.69 Å². The van der Waals surface area contributed by atoms with Crippen LogP contribution in [0, 0.1) is 49.9 Å². The van der Waals surface area contributed by atoms with Crippen LogP contribution in [0.5, 0.6) is 0 Å². The molecule has 0 radical (unpaired) electrons. The molecular formula is C20H21NO2. The molecule has 0 aromatic heterocycles. The highest BCUT2D eigenvalue weighted by molar-refractivity contribution is 6.23. The zero-order valence-electron chi connectivity index (χ0n) is 13.8. The van der Waals surface area contributed by atoms with Gasteiger partial charge in [-0.05, 0) is 62.0 Å². The van der Waals surface area contributed by atoms with Gasteiger partial charge in [0.05, 0.1) is 17.5 Å². The van der Waals surface area contributed by atoms with Crippen molar-refractivity contribution in [3.8, 4) is 0 Å². The topological polar surface area (TPSA) is 37.4 Å². The lowest BCUT2D eigenvalue weighted by molar-refractivity contribution is -0.123. The minimum atomic E-state index is -0.111. The Morgan fingerprint density at radius 1 is 0.913 bits per heavy atom. The molecule has 2 saturated carbocycles. The van der Waals surface area contributed by atoms with Crippen molar-refractivity contribution in [1.82, 2.24) is 0 Å². The highest BCUT2D eigenvalue weighted by Gasteiger charge is 2.73. The number of hydrogen-bond donors (Lipinski definition) is 0. The summed E-state index contributed by atoms with van der Waals surface area (Å²) in [7, 11) is 0. The van der Waals surface area contributed by atoms with Gasteiger partial charge in [0.2, 0.25) is 11.8 Å². The minimum Gasteiger partial charge on any atom is -0.274 e. The van der Waals surface area contributed by atoms with Gasteiger partial charge in [0, 0.05) is 0 Å². The number of rotatable bonds is 1. The van der Waals surface area contributed by atoms with E-state index in [9.17, 15) is 9.59 Å². The molecular weight excluding hydrogens is 286 g/mol. The van der Waals surface area contributed by atoms with Crippen molar-refractivity contribution in [1.29, 1.82) is 0 Å². The molecule has 1 aromatic rings. The first-order valence-electron chi connectivity index (χ1n) is 8.60. The van der Waals surface area contributed by atoms with Crippen LogP contribution in [0.25, 0.3) is 0 Å². The van der Waals surface area contributed by atoms with Gasteiger partial charge >= 0.3 is 0 Å². The summed E-state index contributed by atoms with van der Waals surface area (Å²) in [5.74, 6) is 0.451. The van der Waals surface area contributed by atoms with E-state index in [0.717, 1.165) is 16.8 Å². The van der Waals surface area contributed by atoms with E-state index < -0.39 is 0 Å². The number of benzene rings is 1. The largest absolute Gasteiger partial charge is 0.274 e. The van der Waals surface area contributed by atoms with Gasteiger partial charge in [-0.15, -0.1) is 0 Å². The summed E-state index contributed by atoms with van der Waals surface area (Å²) in [6.45, 7) is 6.05. The Hall–Kier alpha value is -1.90. The Morgan fingerprint density at radius 2 is 1.39 bits per heavy atom. The van der Waals surface area contributed by atoms with Crippen LogP contribution in [0.3, 0.4) is 0 Å². The fourth-order valence-corrected chi connectivity index (χ4v) is 5.82. The summed E-state index contributed by atoms with van der Waals surface area (Å²) in [6, 6.07) is 4.12. The van der Waals surface area contributed by atoms with Crippen molar-refractivity contribution in [2.75, 3.05) is 4.90 Å². The summed E-state index contributed by atoms with van der Waals surface area (Å²) in [5, 5.41) is 0. The molecule has 3 aliphatic carbocycles. The molecule has 3 fully saturated rings. The van der Waals surface area contributed by atoms with E-state index in [2.05, 4.69) is 24.3 Å². The first-order chi connectivity index (χ1) is 11.0. The first kappa shape index (κ1) is 13.5. The lowest BCUT2D eigenvalue weighted by atomic mass is 9.85. The number of anilines is 1. The number of nitrogens with zero attached hydrogens (tertiary/aromatic N) is 1. The molecule has 1 spiro atoms. The number of aryl methyl sites for hydroxylation is 3. The number of allylic oxidation sites excluding steroid dienone is 2. The molecule has 0 unspecified atom stereocenters. The Balaban J connectivity index is 1.62. The maximum atomic E-state index is 13.2. The average Bonchev–Trinajstić information content (AvgIpc) is 3.08. The minimum absolute atomic E-state index is 0.0400. The molecule has 3 heteroatoms. The van der Waals surface area contributed by atoms with Gasteiger partial charge < -0.3 is 0 Å². The van der Waals surface area contributed by atoms with Gasteiger partial charge in [-0.25, -0.2) is 4.90 Å². The number of carbonyl (C=O) groups excluding carboxylic acids is 2. The SMILES string of the molecule is Cc1cc(C)c(N2C(=O)[C@@H]3[C@@H](C2=O)[C@@H]2C=C[C@H]3C23CC3)c(C)c1. The fraction of sp³-hybridized carbons (Fsp3) is 0.500. The highest BCUT2D eigenvalue weighted by Crippen LogP contribution is 2.73. The van der Waals surface area contributed by atoms with Gasteiger partial charge in [0.1, 0.15) is 0 Å². The summed E-state index contributed by atoms with van der Waals surface area (Å²) < 4.78 is 0. The third-order valence-electron chi connectivity index (χ3n) is 6.71.